The normalized spacial score (nSPS) is 16.8. The molecule has 0 bridgehead atoms. The first-order valence-corrected chi connectivity index (χ1v) is 10.7. The predicted molar refractivity (Wildman–Crippen MR) is 110 cm³/mol. The average Bonchev–Trinajstić information content (AvgIpc) is 2.69. The van der Waals surface area contributed by atoms with E-state index in [1.807, 2.05) is 0 Å². The van der Waals surface area contributed by atoms with Crippen molar-refractivity contribution in [2.24, 2.45) is 5.41 Å². The Morgan fingerprint density at radius 2 is 1.36 bits per heavy atom. The molecule has 1 fully saturated rings. The van der Waals surface area contributed by atoms with Crippen LogP contribution in [0.3, 0.4) is 0 Å². The van der Waals surface area contributed by atoms with Crippen molar-refractivity contribution in [2.75, 3.05) is 13.1 Å². The molecule has 0 aromatic heterocycles. The van der Waals surface area contributed by atoms with Crippen LogP contribution >= 0.6 is 0 Å². The van der Waals surface area contributed by atoms with Gasteiger partial charge in [0.05, 0.1) is 0 Å². The van der Waals surface area contributed by atoms with E-state index in [-0.39, 0.29) is 12.8 Å². The van der Waals surface area contributed by atoms with E-state index >= 15 is 0 Å². The summed E-state index contributed by atoms with van der Waals surface area (Å²) in [4.78, 5) is 24.9. The number of benzene rings is 1. The maximum absolute atomic E-state index is 11.4. The van der Waals surface area contributed by atoms with Crippen molar-refractivity contribution in [1.82, 2.24) is 4.90 Å². The van der Waals surface area contributed by atoms with E-state index in [1.54, 1.807) is 0 Å². The second-order valence-electron chi connectivity index (χ2n) is 8.16. The van der Waals surface area contributed by atoms with Crippen molar-refractivity contribution in [2.45, 2.75) is 77.7 Å². The van der Waals surface area contributed by atoms with Crippen LogP contribution in [0.1, 0.15) is 75.8 Å². The van der Waals surface area contributed by atoms with Crippen molar-refractivity contribution >= 4 is 11.9 Å². The molecule has 0 radical (unpaired) electrons. The van der Waals surface area contributed by atoms with Gasteiger partial charge in [0.15, 0.2) is 5.41 Å². The summed E-state index contributed by atoms with van der Waals surface area (Å²) in [6.07, 6.45) is 10.7. The average molecular weight is 390 g/mol. The molecule has 28 heavy (non-hydrogen) atoms. The van der Waals surface area contributed by atoms with Gasteiger partial charge in [0.2, 0.25) is 0 Å². The first-order valence-electron chi connectivity index (χ1n) is 10.7. The zero-order valence-electron chi connectivity index (χ0n) is 17.2. The number of hydrogen-bond acceptors (Lipinski definition) is 3. The van der Waals surface area contributed by atoms with Crippen LogP contribution in [0.2, 0.25) is 0 Å². The lowest BCUT2D eigenvalue weighted by molar-refractivity contribution is -0.168. The van der Waals surface area contributed by atoms with E-state index < -0.39 is 17.4 Å². The minimum absolute atomic E-state index is 0.161. The summed E-state index contributed by atoms with van der Waals surface area (Å²) in [6, 6.07) is 8.67. The zero-order chi connectivity index (χ0) is 20.4. The van der Waals surface area contributed by atoms with Crippen LogP contribution in [0.4, 0.5) is 0 Å². The fourth-order valence-corrected chi connectivity index (χ4v) is 3.97. The number of carbonyl (C=O) groups is 2. The molecule has 2 N–H and O–H groups in total. The molecule has 5 heteroatoms. The van der Waals surface area contributed by atoms with Crippen molar-refractivity contribution in [1.29, 1.82) is 0 Å². The summed E-state index contributed by atoms with van der Waals surface area (Å²) in [6.45, 7) is 3.98. The molecule has 0 atom stereocenters. The van der Waals surface area contributed by atoms with Gasteiger partial charge in [0, 0.05) is 19.6 Å². The van der Waals surface area contributed by atoms with Crippen LogP contribution in [0.15, 0.2) is 24.3 Å². The van der Waals surface area contributed by atoms with E-state index in [2.05, 4.69) is 36.1 Å². The maximum Gasteiger partial charge on any atom is 0.321 e. The predicted octanol–water partition coefficient (Wildman–Crippen LogP) is 4.73. The topological polar surface area (TPSA) is 77.8 Å². The zero-order valence-corrected chi connectivity index (χ0v) is 17.2. The molecule has 1 heterocycles. The number of likely N-dealkylation sites (tertiary alicyclic amines) is 1. The Hall–Kier alpha value is -1.88. The quantitative estimate of drug-likeness (QED) is 0.399. The standard InChI is InChI=1S/C23H35NO4/c1-2-3-4-5-6-7-8-9-19-10-12-20(13-11-19)18-24-16-14-23(15-17-24,21(25)26)22(27)28/h10-13H,2-9,14-18H2,1H3,(H,25,26)(H,27,28). The number of rotatable bonds is 12. The highest BCUT2D eigenvalue weighted by molar-refractivity contribution is 5.98. The first kappa shape index (κ1) is 22.4. The summed E-state index contributed by atoms with van der Waals surface area (Å²) in [7, 11) is 0. The van der Waals surface area contributed by atoms with Gasteiger partial charge >= 0.3 is 11.9 Å². The molecule has 1 aliphatic rings. The molecule has 2 rings (SSSR count). The highest BCUT2D eigenvalue weighted by Crippen LogP contribution is 2.32. The van der Waals surface area contributed by atoms with Crippen LogP contribution < -0.4 is 0 Å². The third-order valence-electron chi connectivity index (χ3n) is 6.03. The molecule has 5 nitrogen and oxygen atoms in total. The first-order chi connectivity index (χ1) is 13.5. The van der Waals surface area contributed by atoms with Crippen molar-refractivity contribution in [3.05, 3.63) is 35.4 Å². The fraction of sp³-hybridized carbons (Fsp3) is 0.652. The van der Waals surface area contributed by atoms with Crippen LogP contribution in [0, 0.1) is 5.41 Å². The van der Waals surface area contributed by atoms with Crippen molar-refractivity contribution < 1.29 is 19.8 Å². The smallest absolute Gasteiger partial charge is 0.321 e. The largest absolute Gasteiger partial charge is 0.480 e. The molecule has 0 amide bonds. The Morgan fingerprint density at radius 3 is 1.89 bits per heavy atom. The minimum atomic E-state index is -1.61. The maximum atomic E-state index is 11.4. The van der Waals surface area contributed by atoms with Gasteiger partial charge in [0.1, 0.15) is 0 Å². The molecule has 1 aromatic carbocycles. The highest BCUT2D eigenvalue weighted by Gasteiger charge is 2.48. The number of aryl methyl sites for hydroxylation is 1. The molecule has 1 aliphatic heterocycles. The third-order valence-corrected chi connectivity index (χ3v) is 6.03. The monoisotopic (exact) mass is 389 g/mol. The molecular weight excluding hydrogens is 354 g/mol. The van der Waals surface area contributed by atoms with Gasteiger partial charge in [0.25, 0.3) is 0 Å². The Kier molecular flexibility index (Phi) is 8.97. The number of piperidine rings is 1. The van der Waals surface area contributed by atoms with Gasteiger partial charge in [-0.3, -0.25) is 14.5 Å². The minimum Gasteiger partial charge on any atom is -0.480 e. The molecule has 0 unspecified atom stereocenters. The van der Waals surface area contributed by atoms with E-state index in [0.29, 0.717) is 13.1 Å². The van der Waals surface area contributed by atoms with Gasteiger partial charge in [-0.15, -0.1) is 0 Å². The summed E-state index contributed by atoms with van der Waals surface area (Å²) in [5, 5.41) is 18.6. The molecule has 1 saturated heterocycles. The summed E-state index contributed by atoms with van der Waals surface area (Å²) in [5.41, 5.74) is 0.949. The summed E-state index contributed by atoms with van der Waals surface area (Å²) < 4.78 is 0. The van der Waals surface area contributed by atoms with Crippen LogP contribution in [-0.2, 0) is 22.6 Å². The van der Waals surface area contributed by atoms with E-state index in [9.17, 15) is 19.8 Å². The number of aliphatic carboxylic acids is 2. The van der Waals surface area contributed by atoms with E-state index in [0.717, 1.165) is 13.0 Å². The highest BCUT2D eigenvalue weighted by atomic mass is 16.4. The van der Waals surface area contributed by atoms with Crippen LogP contribution in [0.25, 0.3) is 0 Å². The van der Waals surface area contributed by atoms with Crippen LogP contribution in [-0.4, -0.2) is 40.1 Å². The lowest BCUT2D eigenvalue weighted by Crippen LogP contribution is -2.48. The fourth-order valence-electron chi connectivity index (χ4n) is 3.97. The number of carboxylic acids is 2. The Morgan fingerprint density at radius 1 is 0.857 bits per heavy atom. The van der Waals surface area contributed by atoms with Crippen LogP contribution in [0.5, 0.6) is 0 Å². The van der Waals surface area contributed by atoms with Gasteiger partial charge < -0.3 is 10.2 Å². The van der Waals surface area contributed by atoms with Gasteiger partial charge in [-0.1, -0.05) is 69.7 Å². The number of nitrogens with zero attached hydrogens (tertiary/aromatic N) is 1. The van der Waals surface area contributed by atoms with Gasteiger partial charge in [-0.05, 0) is 36.8 Å². The van der Waals surface area contributed by atoms with Gasteiger partial charge in [-0.25, -0.2) is 0 Å². The lowest BCUT2D eigenvalue weighted by Gasteiger charge is -2.36. The second-order valence-corrected chi connectivity index (χ2v) is 8.16. The molecule has 0 aliphatic carbocycles. The molecule has 156 valence electrons. The van der Waals surface area contributed by atoms with E-state index in [4.69, 9.17) is 0 Å². The Labute approximate surface area is 168 Å². The van der Waals surface area contributed by atoms with Gasteiger partial charge in [-0.2, -0.15) is 0 Å². The summed E-state index contributed by atoms with van der Waals surface area (Å²) in [5.74, 6) is -2.43. The number of unbranched alkanes of at least 4 members (excludes halogenated alkanes) is 6. The third kappa shape index (κ3) is 6.33. The SMILES string of the molecule is CCCCCCCCCc1ccc(CN2CCC(C(=O)O)(C(=O)O)CC2)cc1. The molecular formula is C23H35NO4. The molecule has 0 spiro atoms. The second kappa shape index (κ2) is 11.2. The number of hydrogen-bond donors (Lipinski definition) is 2. The number of carboxylic acid groups (broad SMARTS) is 2. The van der Waals surface area contributed by atoms with Crippen molar-refractivity contribution in [3.8, 4) is 0 Å². The lowest BCUT2D eigenvalue weighted by atomic mass is 9.78. The van der Waals surface area contributed by atoms with Crippen molar-refractivity contribution in [3.63, 3.8) is 0 Å². The Balaban J connectivity index is 1.72. The Bertz CT molecular complexity index is 602. The van der Waals surface area contributed by atoms with E-state index in [1.165, 1.54) is 56.1 Å². The molecule has 0 saturated carbocycles. The summed E-state index contributed by atoms with van der Waals surface area (Å²) >= 11 is 0. The molecule has 1 aromatic rings.